The number of amides is 1. The van der Waals surface area contributed by atoms with Crippen LogP contribution in [0.15, 0.2) is 102 Å². The molecule has 0 atom stereocenters. The molecule has 0 saturated heterocycles. The van der Waals surface area contributed by atoms with E-state index in [2.05, 4.69) is 15.0 Å². The molecular formula is C28H23ClF3N3O4S. The second-order valence-electron chi connectivity index (χ2n) is 8.62. The van der Waals surface area contributed by atoms with Gasteiger partial charge in [0.15, 0.2) is 0 Å². The molecule has 7 nitrogen and oxygen atoms in total. The number of carbonyl (C=O) groups is 1. The first kappa shape index (κ1) is 29.1. The van der Waals surface area contributed by atoms with Crippen molar-refractivity contribution >= 4 is 27.5 Å². The van der Waals surface area contributed by atoms with Gasteiger partial charge in [0.25, 0.3) is 5.91 Å². The van der Waals surface area contributed by atoms with E-state index in [1.165, 1.54) is 52.8 Å². The van der Waals surface area contributed by atoms with E-state index in [-0.39, 0.29) is 30.3 Å². The van der Waals surface area contributed by atoms with Gasteiger partial charge in [0.1, 0.15) is 5.75 Å². The number of alkyl halides is 3. The van der Waals surface area contributed by atoms with Crippen molar-refractivity contribution in [1.82, 2.24) is 14.6 Å². The van der Waals surface area contributed by atoms with Crippen molar-refractivity contribution in [3.8, 4) is 5.75 Å². The number of hydrogen-bond acceptors (Lipinski definition) is 5. The van der Waals surface area contributed by atoms with Crippen molar-refractivity contribution in [2.75, 3.05) is 0 Å². The molecule has 0 aliphatic heterocycles. The molecule has 1 amide bonds. The third-order valence-electron chi connectivity index (χ3n) is 5.70. The number of nitrogens with one attached hydrogen (secondary N) is 1. The molecule has 0 spiro atoms. The molecule has 0 saturated carbocycles. The molecule has 40 heavy (non-hydrogen) atoms. The fourth-order valence-corrected chi connectivity index (χ4v) is 5.24. The van der Waals surface area contributed by atoms with Gasteiger partial charge in [0.2, 0.25) is 10.0 Å². The highest BCUT2D eigenvalue weighted by molar-refractivity contribution is 7.89. The summed E-state index contributed by atoms with van der Waals surface area (Å²) in [4.78, 5) is 16.9. The van der Waals surface area contributed by atoms with Crippen LogP contribution in [0.1, 0.15) is 27.2 Å². The van der Waals surface area contributed by atoms with Crippen molar-refractivity contribution in [2.45, 2.75) is 30.9 Å². The normalized spacial score (nSPS) is 11.8. The predicted molar refractivity (Wildman–Crippen MR) is 143 cm³/mol. The molecule has 0 aliphatic rings. The maximum Gasteiger partial charge on any atom is 0.573 e. The lowest BCUT2D eigenvalue weighted by Crippen LogP contribution is -2.30. The summed E-state index contributed by atoms with van der Waals surface area (Å²) in [7, 11) is -3.91. The van der Waals surface area contributed by atoms with E-state index < -0.39 is 22.3 Å². The minimum Gasteiger partial charge on any atom is -0.406 e. The zero-order valence-electron chi connectivity index (χ0n) is 20.8. The Hall–Kier alpha value is -3.93. The van der Waals surface area contributed by atoms with Gasteiger partial charge < -0.3 is 10.1 Å². The van der Waals surface area contributed by atoms with Crippen LogP contribution in [-0.4, -0.2) is 30.0 Å². The predicted octanol–water partition coefficient (Wildman–Crippen LogP) is 5.95. The van der Waals surface area contributed by atoms with E-state index in [0.717, 1.165) is 0 Å². The first-order valence-corrected chi connectivity index (χ1v) is 13.7. The lowest BCUT2D eigenvalue weighted by Gasteiger charge is -2.22. The molecule has 0 fully saturated rings. The molecule has 4 rings (SSSR count). The Morgan fingerprint density at radius 2 is 1.52 bits per heavy atom. The highest BCUT2D eigenvalue weighted by Gasteiger charge is 2.31. The Kier molecular flexibility index (Phi) is 9.08. The number of aromatic nitrogens is 1. The van der Waals surface area contributed by atoms with Gasteiger partial charge >= 0.3 is 6.36 Å². The average Bonchev–Trinajstić information content (AvgIpc) is 2.92. The van der Waals surface area contributed by atoms with Gasteiger partial charge in [-0.05, 0) is 71.8 Å². The number of hydrogen-bond donors (Lipinski definition) is 1. The quantitative estimate of drug-likeness (QED) is 0.247. The summed E-state index contributed by atoms with van der Waals surface area (Å²) >= 11 is 5.93. The van der Waals surface area contributed by atoms with E-state index in [1.807, 2.05) is 0 Å². The lowest BCUT2D eigenvalue weighted by atomic mass is 10.1. The van der Waals surface area contributed by atoms with Crippen LogP contribution >= 0.6 is 11.6 Å². The molecule has 0 radical (unpaired) electrons. The van der Waals surface area contributed by atoms with Crippen LogP contribution in [0, 0.1) is 0 Å². The average molecular weight is 590 g/mol. The molecule has 4 aromatic rings. The SMILES string of the molecule is O=C(NCc1ccc(OC(F)(F)F)cc1)c1ccc(CN(Cc2ccccn2)S(=O)(=O)c2ccc(Cl)cc2)cc1. The van der Waals surface area contributed by atoms with Crippen LogP contribution in [-0.2, 0) is 29.7 Å². The number of nitrogens with zero attached hydrogens (tertiary/aromatic N) is 2. The van der Waals surface area contributed by atoms with E-state index in [0.29, 0.717) is 27.4 Å². The minimum absolute atomic E-state index is 0.0236. The van der Waals surface area contributed by atoms with Crippen molar-refractivity contribution in [3.05, 3.63) is 125 Å². The highest BCUT2D eigenvalue weighted by atomic mass is 35.5. The molecule has 0 aliphatic carbocycles. The minimum atomic E-state index is -4.78. The van der Waals surface area contributed by atoms with Gasteiger partial charge in [0.05, 0.1) is 17.1 Å². The summed E-state index contributed by atoms with van der Waals surface area (Å²) in [6, 6.07) is 22.7. The van der Waals surface area contributed by atoms with Crippen LogP contribution in [0.2, 0.25) is 5.02 Å². The summed E-state index contributed by atoms with van der Waals surface area (Å²) in [5.41, 5.74) is 2.12. The van der Waals surface area contributed by atoms with Crippen LogP contribution in [0.25, 0.3) is 0 Å². The second-order valence-corrected chi connectivity index (χ2v) is 11.0. The maximum atomic E-state index is 13.5. The standard InChI is InChI=1S/C28H23ClF3N3O4S/c29-23-10-14-26(15-11-23)40(37,38)35(19-24-3-1-2-16-33-24)18-21-4-8-22(9-5-21)27(36)34-17-20-6-12-25(13-7-20)39-28(30,31)32/h1-16H,17-19H2,(H,34,36). The molecule has 3 aromatic carbocycles. The third-order valence-corrected chi connectivity index (χ3v) is 7.76. The number of carbonyl (C=O) groups excluding carboxylic acids is 1. The van der Waals surface area contributed by atoms with Crippen LogP contribution in [0.5, 0.6) is 5.75 Å². The summed E-state index contributed by atoms with van der Waals surface area (Å²) < 4.78 is 69.0. The first-order chi connectivity index (χ1) is 19.0. The van der Waals surface area contributed by atoms with Crippen LogP contribution in [0.4, 0.5) is 13.2 Å². The van der Waals surface area contributed by atoms with Crippen molar-refractivity contribution < 1.29 is 31.1 Å². The summed E-state index contributed by atoms with van der Waals surface area (Å²) in [6.45, 7) is 0.140. The van der Waals surface area contributed by atoms with E-state index >= 15 is 0 Å². The largest absolute Gasteiger partial charge is 0.573 e. The molecule has 1 aromatic heterocycles. The summed E-state index contributed by atoms with van der Waals surface area (Å²) in [6.07, 6.45) is -3.20. The van der Waals surface area contributed by atoms with Crippen molar-refractivity contribution in [1.29, 1.82) is 0 Å². The number of pyridine rings is 1. The van der Waals surface area contributed by atoms with Gasteiger partial charge in [-0.1, -0.05) is 41.9 Å². The number of halogens is 4. The Labute approximate surface area is 234 Å². The molecule has 1 heterocycles. The smallest absolute Gasteiger partial charge is 0.406 e. The molecular weight excluding hydrogens is 567 g/mol. The van der Waals surface area contributed by atoms with Crippen LogP contribution in [0.3, 0.4) is 0 Å². The second kappa shape index (κ2) is 12.5. The summed E-state index contributed by atoms with van der Waals surface area (Å²) in [5.74, 6) is -0.755. The molecule has 12 heteroatoms. The highest BCUT2D eigenvalue weighted by Crippen LogP contribution is 2.24. The van der Waals surface area contributed by atoms with Crippen LogP contribution < -0.4 is 10.1 Å². The number of sulfonamides is 1. The third kappa shape index (κ3) is 8.04. The van der Waals surface area contributed by atoms with Gasteiger partial charge in [-0.2, -0.15) is 4.31 Å². The van der Waals surface area contributed by atoms with E-state index in [4.69, 9.17) is 11.6 Å². The van der Waals surface area contributed by atoms with E-state index in [1.54, 1.807) is 48.7 Å². The van der Waals surface area contributed by atoms with E-state index in [9.17, 15) is 26.4 Å². The van der Waals surface area contributed by atoms with Crippen molar-refractivity contribution in [2.24, 2.45) is 0 Å². The van der Waals surface area contributed by atoms with Gasteiger partial charge in [0, 0.05) is 29.9 Å². The number of rotatable bonds is 10. The Morgan fingerprint density at radius 3 is 2.12 bits per heavy atom. The van der Waals surface area contributed by atoms with Gasteiger partial charge in [-0.15, -0.1) is 13.2 Å². The molecule has 0 unspecified atom stereocenters. The monoisotopic (exact) mass is 589 g/mol. The fraction of sp³-hybridized carbons (Fsp3) is 0.143. The Morgan fingerprint density at radius 1 is 0.875 bits per heavy atom. The lowest BCUT2D eigenvalue weighted by molar-refractivity contribution is -0.274. The Balaban J connectivity index is 1.43. The zero-order valence-corrected chi connectivity index (χ0v) is 22.4. The van der Waals surface area contributed by atoms with Crippen molar-refractivity contribution in [3.63, 3.8) is 0 Å². The molecule has 208 valence electrons. The first-order valence-electron chi connectivity index (χ1n) is 11.9. The topological polar surface area (TPSA) is 88.6 Å². The molecule has 1 N–H and O–H groups in total. The number of benzene rings is 3. The van der Waals surface area contributed by atoms with Gasteiger partial charge in [-0.25, -0.2) is 8.42 Å². The maximum absolute atomic E-state index is 13.5. The van der Waals surface area contributed by atoms with Gasteiger partial charge in [-0.3, -0.25) is 9.78 Å². The zero-order chi connectivity index (χ0) is 28.8. The molecule has 0 bridgehead atoms. The fourth-order valence-electron chi connectivity index (χ4n) is 3.71. The Bertz CT molecular complexity index is 1530. The number of ether oxygens (including phenoxy) is 1. The summed E-state index contributed by atoms with van der Waals surface area (Å²) in [5, 5.41) is 3.11.